The van der Waals surface area contributed by atoms with E-state index in [-0.39, 0.29) is 5.01 Å². The number of hydrogen-bond donors (Lipinski definition) is 0. The van der Waals surface area contributed by atoms with E-state index < -0.39 is 0 Å². The molecule has 0 spiro atoms. The highest BCUT2D eigenvalue weighted by Crippen LogP contribution is 2.06. The Labute approximate surface area is 81.2 Å². The summed E-state index contributed by atoms with van der Waals surface area (Å²) in [5.74, 6) is 0. The molecule has 1 rings (SSSR count). The van der Waals surface area contributed by atoms with Gasteiger partial charge in [0.15, 0.2) is 0 Å². The molecule has 0 bridgehead atoms. The fourth-order valence-electron chi connectivity index (χ4n) is 0.829. The first-order valence-electron chi connectivity index (χ1n) is 3.73. The summed E-state index contributed by atoms with van der Waals surface area (Å²) in [6.45, 7) is 0. The van der Waals surface area contributed by atoms with Crippen molar-refractivity contribution in [2.45, 2.75) is 5.01 Å². The molecule has 12 heavy (non-hydrogen) atoms. The van der Waals surface area contributed by atoms with Crippen LogP contribution in [0.15, 0.2) is 36.4 Å². The minimum atomic E-state index is -0.00212. The molecule has 1 atom stereocenters. The molecule has 0 N–H and O–H groups in total. The fourth-order valence-corrected chi connectivity index (χ4v) is 0.982. The third kappa shape index (κ3) is 3.20. The first-order valence-corrected chi connectivity index (χ1v) is 4.64. The van der Waals surface area contributed by atoms with E-state index in [0.29, 0.717) is 0 Å². The van der Waals surface area contributed by atoms with Crippen LogP contribution in [0.25, 0.3) is 6.08 Å². The van der Waals surface area contributed by atoms with Crippen molar-refractivity contribution in [2.24, 2.45) is 0 Å². The Kier molecular flexibility index (Phi) is 4.05. The number of halogens is 1. The van der Waals surface area contributed by atoms with Crippen LogP contribution >= 0.6 is 15.9 Å². The van der Waals surface area contributed by atoms with Crippen molar-refractivity contribution in [1.29, 1.82) is 0 Å². The Morgan fingerprint density at radius 2 is 2.00 bits per heavy atom. The normalized spacial score (nSPS) is 13.5. The molecule has 0 radical (unpaired) electrons. The second-order valence-electron chi connectivity index (χ2n) is 2.36. The van der Waals surface area contributed by atoms with Crippen molar-refractivity contribution in [3.05, 3.63) is 42.0 Å². The van der Waals surface area contributed by atoms with Gasteiger partial charge in [-0.3, -0.25) is 0 Å². The monoisotopic (exact) mass is 226 g/mol. The van der Waals surface area contributed by atoms with Crippen molar-refractivity contribution in [2.75, 3.05) is 7.11 Å². The van der Waals surface area contributed by atoms with Gasteiger partial charge >= 0.3 is 0 Å². The van der Waals surface area contributed by atoms with Crippen LogP contribution in [0.3, 0.4) is 0 Å². The lowest BCUT2D eigenvalue weighted by atomic mass is 10.2. The second-order valence-corrected chi connectivity index (χ2v) is 3.26. The number of ether oxygens (including phenoxy) is 1. The van der Waals surface area contributed by atoms with Crippen LogP contribution in [0.4, 0.5) is 0 Å². The van der Waals surface area contributed by atoms with Gasteiger partial charge < -0.3 is 4.74 Å². The lowest BCUT2D eigenvalue weighted by molar-refractivity contribution is 0.213. The number of hydrogen-bond acceptors (Lipinski definition) is 1. The van der Waals surface area contributed by atoms with E-state index in [1.165, 1.54) is 5.56 Å². The maximum Gasteiger partial charge on any atom is 0.130 e. The summed E-state index contributed by atoms with van der Waals surface area (Å²) in [5, 5.41) is -0.00212. The molecular formula is C10H11BrO. The average Bonchev–Trinajstić information content (AvgIpc) is 2.16. The lowest BCUT2D eigenvalue weighted by Crippen LogP contribution is -1.93. The molecule has 0 saturated heterocycles. The predicted molar refractivity (Wildman–Crippen MR) is 55.2 cm³/mol. The highest BCUT2D eigenvalue weighted by atomic mass is 79.9. The topological polar surface area (TPSA) is 9.23 Å². The van der Waals surface area contributed by atoms with E-state index in [1.54, 1.807) is 7.11 Å². The zero-order chi connectivity index (χ0) is 8.81. The molecule has 0 saturated carbocycles. The van der Waals surface area contributed by atoms with Gasteiger partial charge in [-0.1, -0.05) is 52.3 Å². The summed E-state index contributed by atoms with van der Waals surface area (Å²) in [5.41, 5.74) is 1.18. The molecule has 0 aliphatic heterocycles. The molecule has 0 aliphatic carbocycles. The molecule has 64 valence electrons. The Balaban J connectivity index is 2.58. The van der Waals surface area contributed by atoms with Crippen LogP contribution in [0, 0.1) is 0 Å². The highest BCUT2D eigenvalue weighted by molar-refractivity contribution is 9.09. The van der Waals surface area contributed by atoms with Crippen LogP contribution in [0.2, 0.25) is 0 Å². The smallest absolute Gasteiger partial charge is 0.130 e. The quantitative estimate of drug-likeness (QED) is 0.721. The van der Waals surface area contributed by atoms with E-state index in [2.05, 4.69) is 15.9 Å². The molecule has 0 aliphatic rings. The Hall–Kier alpha value is -0.600. The molecule has 0 heterocycles. The van der Waals surface area contributed by atoms with Crippen molar-refractivity contribution in [3.63, 3.8) is 0 Å². The van der Waals surface area contributed by atoms with E-state index >= 15 is 0 Å². The fraction of sp³-hybridized carbons (Fsp3) is 0.200. The third-order valence-electron chi connectivity index (χ3n) is 1.46. The molecule has 1 aromatic rings. The summed E-state index contributed by atoms with van der Waals surface area (Å²) in [4.78, 5) is 0. The van der Waals surface area contributed by atoms with Gasteiger partial charge in [-0.25, -0.2) is 0 Å². The van der Waals surface area contributed by atoms with Gasteiger partial charge in [-0.05, 0) is 11.6 Å². The molecule has 2 heteroatoms. The van der Waals surface area contributed by atoms with E-state index in [1.807, 2.05) is 42.5 Å². The Morgan fingerprint density at radius 3 is 2.58 bits per heavy atom. The Morgan fingerprint density at radius 1 is 1.33 bits per heavy atom. The average molecular weight is 227 g/mol. The first kappa shape index (κ1) is 9.49. The molecule has 1 nitrogen and oxygen atoms in total. The number of alkyl halides is 1. The zero-order valence-electron chi connectivity index (χ0n) is 6.91. The van der Waals surface area contributed by atoms with Crippen molar-refractivity contribution < 1.29 is 4.74 Å². The lowest BCUT2D eigenvalue weighted by Gasteiger charge is -1.99. The minimum Gasteiger partial charge on any atom is -0.366 e. The van der Waals surface area contributed by atoms with Crippen LogP contribution in [-0.2, 0) is 4.74 Å². The molecule has 0 aromatic heterocycles. The van der Waals surface area contributed by atoms with Gasteiger partial charge in [0.1, 0.15) is 5.01 Å². The van der Waals surface area contributed by atoms with Gasteiger partial charge in [-0.2, -0.15) is 0 Å². The number of benzene rings is 1. The largest absolute Gasteiger partial charge is 0.366 e. The minimum absolute atomic E-state index is 0.00212. The number of rotatable bonds is 3. The maximum atomic E-state index is 5.00. The summed E-state index contributed by atoms with van der Waals surface area (Å²) >= 11 is 3.33. The van der Waals surface area contributed by atoms with Crippen molar-refractivity contribution in [1.82, 2.24) is 0 Å². The van der Waals surface area contributed by atoms with Crippen LogP contribution in [0.5, 0.6) is 0 Å². The highest BCUT2D eigenvalue weighted by Gasteiger charge is 1.91. The van der Waals surface area contributed by atoms with Gasteiger partial charge in [0, 0.05) is 7.11 Å². The second kappa shape index (κ2) is 5.12. The van der Waals surface area contributed by atoms with E-state index in [9.17, 15) is 0 Å². The van der Waals surface area contributed by atoms with Gasteiger partial charge in [0.25, 0.3) is 0 Å². The van der Waals surface area contributed by atoms with E-state index in [4.69, 9.17) is 4.74 Å². The summed E-state index contributed by atoms with van der Waals surface area (Å²) in [6.07, 6.45) is 3.97. The SMILES string of the molecule is COC(Br)C=Cc1ccccc1. The standard InChI is InChI=1S/C10H11BrO/c1-12-10(11)8-7-9-5-3-2-4-6-9/h2-8,10H,1H3. The Bertz CT molecular complexity index is 243. The van der Waals surface area contributed by atoms with Crippen LogP contribution in [-0.4, -0.2) is 12.1 Å². The zero-order valence-corrected chi connectivity index (χ0v) is 8.49. The van der Waals surface area contributed by atoms with Crippen molar-refractivity contribution in [3.8, 4) is 0 Å². The number of methoxy groups -OCH3 is 1. The van der Waals surface area contributed by atoms with Gasteiger partial charge in [0.05, 0.1) is 0 Å². The molecular weight excluding hydrogens is 216 g/mol. The third-order valence-corrected chi connectivity index (χ3v) is 2.14. The predicted octanol–water partition coefficient (Wildman–Crippen LogP) is 3.07. The maximum absolute atomic E-state index is 5.00. The van der Waals surface area contributed by atoms with E-state index in [0.717, 1.165) is 0 Å². The summed E-state index contributed by atoms with van der Waals surface area (Å²) in [7, 11) is 1.66. The van der Waals surface area contributed by atoms with Crippen LogP contribution < -0.4 is 0 Å². The molecule has 1 unspecified atom stereocenters. The van der Waals surface area contributed by atoms with Crippen molar-refractivity contribution >= 4 is 22.0 Å². The summed E-state index contributed by atoms with van der Waals surface area (Å²) in [6, 6.07) is 10.1. The molecule has 0 amide bonds. The molecule has 1 aromatic carbocycles. The van der Waals surface area contributed by atoms with Crippen LogP contribution in [0.1, 0.15) is 5.56 Å². The molecule has 0 fully saturated rings. The summed E-state index contributed by atoms with van der Waals surface area (Å²) < 4.78 is 5.00. The first-order chi connectivity index (χ1) is 5.83. The van der Waals surface area contributed by atoms with Gasteiger partial charge in [-0.15, -0.1) is 0 Å². The van der Waals surface area contributed by atoms with Gasteiger partial charge in [0.2, 0.25) is 0 Å².